The fraction of sp³-hybridized carbons (Fsp3) is 0.231. The second-order valence-corrected chi connectivity index (χ2v) is 4.43. The van der Waals surface area contributed by atoms with Crippen molar-refractivity contribution in [2.75, 3.05) is 24.5 Å². The summed E-state index contributed by atoms with van der Waals surface area (Å²) in [6.07, 6.45) is 0. The summed E-state index contributed by atoms with van der Waals surface area (Å²) in [7, 11) is 0. The molecular weight excluding hydrogens is 278 g/mol. The first-order valence-electron chi connectivity index (χ1n) is 6.13. The van der Waals surface area contributed by atoms with E-state index in [-0.39, 0.29) is 13.1 Å². The number of piperazine rings is 1. The van der Waals surface area contributed by atoms with Gasteiger partial charge in [0.2, 0.25) is 11.8 Å². The van der Waals surface area contributed by atoms with Gasteiger partial charge in [-0.15, -0.1) is 0 Å². The third-order valence-corrected chi connectivity index (χ3v) is 2.81. The molecule has 4 amide bonds. The Morgan fingerprint density at radius 3 is 2.24 bits per heavy atom. The summed E-state index contributed by atoms with van der Waals surface area (Å²) in [6, 6.07) is 7.49. The van der Waals surface area contributed by atoms with Crippen LogP contribution in [0.15, 0.2) is 30.3 Å². The third kappa shape index (κ3) is 3.56. The normalized spacial score (nSPS) is 14.6. The summed E-state index contributed by atoms with van der Waals surface area (Å²) >= 11 is 0. The van der Waals surface area contributed by atoms with Crippen molar-refractivity contribution in [2.45, 2.75) is 0 Å². The van der Waals surface area contributed by atoms with Crippen LogP contribution in [-0.2, 0) is 14.4 Å². The van der Waals surface area contributed by atoms with Crippen LogP contribution in [0.3, 0.4) is 0 Å². The van der Waals surface area contributed by atoms with Gasteiger partial charge in [0.05, 0.1) is 0 Å². The highest BCUT2D eigenvalue weighted by atomic mass is 16.4. The molecule has 0 aromatic heterocycles. The number of hydrogen-bond acceptors (Lipinski definition) is 4. The molecule has 0 spiro atoms. The molecule has 2 rings (SSSR count). The summed E-state index contributed by atoms with van der Waals surface area (Å²) in [5.74, 6) is -2.38. The van der Waals surface area contributed by atoms with E-state index in [0.29, 0.717) is 5.69 Å². The van der Waals surface area contributed by atoms with Crippen LogP contribution < -0.4 is 10.2 Å². The Morgan fingerprint density at radius 2 is 1.71 bits per heavy atom. The fourth-order valence-corrected chi connectivity index (χ4v) is 1.96. The highest BCUT2D eigenvalue weighted by Gasteiger charge is 2.31. The molecule has 1 heterocycles. The number of anilines is 1. The van der Waals surface area contributed by atoms with Gasteiger partial charge in [-0.3, -0.25) is 24.6 Å². The van der Waals surface area contributed by atoms with Crippen LogP contribution in [0.5, 0.6) is 0 Å². The maximum absolute atomic E-state index is 12.4. The SMILES string of the molecule is O=C(O)CN(C(=O)N1CC(=O)NC(=O)C1)c1ccccc1. The zero-order chi connectivity index (χ0) is 15.4. The molecule has 1 aliphatic heterocycles. The topological polar surface area (TPSA) is 107 Å². The summed E-state index contributed by atoms with van der Waals surface area (Å²) in [5.41, 5.74) is 0.378. The molecule has 0 radical (unpaired) electrons. The second kappa shape index (κ2) is 6.04. The highest BCUT2D eigenvalue weighted by molar-refractivity contribution is 6.05. The predicted octanol–water partition coefficient (Wildman–Crippen LogP) is -0.344. The quantitative estimate of drug-likeness (QED) is 0.741. The minimum atomic E-state index is -1.19. The first-order valence-corrected chi connectivity index (χ1v) is 6.13. The number of amides is 4. The van der Waals surface area contributed by atoms with Crippen LogP contribution in [-0.4, -0.2) is 53.5 Å². The number of nitrogens with zero attached hydrogens (tertiary/aromatic N) is 2. The number of carbonyl (C=O) groups excluding carboxylic acids is 3. The molecular formula is C13H13N3O5. The molecule has 1 fully saturated rings. The fourth-order valence-electron chi connectivity index (χ4n) is 1.96. The van der Waals surface area contributed by atoms with Gasteiger partial charge in [0.15, 0.2) is 0 Å². The standard InChI is InChI=1S/C13H13N3O5/c17-10-6-15(7-11(18)14-10)13(21)16(8-12(19)20)9-4-2-1-3-5-9/h1-5H,6-8H2,(H,19,20)(H,14,17,18). The van der Waals surface area contributed by atoms with Gasteiger partial charge >= 0.3 is 12.0 Å². The van der Waals surface area contributed by atoms with E-state index in [9.17, 15) is 19.2 Å². The highest BCUT2D eigenvalue weighted by Crippen LogP contribution is 2.15. The number of urea groups is 1. The molecule has 8 nitrogen and oxygen atoms in total. The molecule has 1 aliphatic rings. The maximum Gasteiger partial charge on any atom is 0.325 e. The van der Waals surface area contributed by atoms with E-state index < -0.39 is 30.4 Å². The van der Waals surface area contributed by atoms with Crippen molar-refractivity contribution < 1.29 is 24.3 Å². The van der Waals surface area contributed by atoms with E-state index in [1.807, 2.05) is 0 Å². The van der Waals surface area contributed by atoms with E-state index in [0.717, 1.165) is 9.80 Å². The zero-order valence-corrected chi connectivity index (χ0v) is 11.0. The molecule has 1 aromatic carbocycles. The van der Waals surface area contributed by atoms with Crippen LogP contribution in [0.25, 0.3) is 0 Å². The molecule has 0 unspecified atom stereocenters. The van der Waals surface area contributed by atoms with Crippen LogP contribution in [0.4, 0.5) is 10.5 Å². The van der Waals surface area contributed by atoms with E-state index in [1.165, 1.54) is 0 Å². The lowest BCUT2D eigenvalue weighted by Crippen LogP contribution is -2.57. The lowest BCUT2D eigenvalue weighted by atomic mass is 10.3. The van der Waals surface area contributed by atoms with Gasteiger partial charge in [-0.05, 0) is 12.1 Å². The molecule has 1 saturated heterocycles. The van der Waals surface area contributed by atoms with Crippen molar-refractivity contribution in [1.29, 1.82) is 0 Å². The Hall–Kier alpha value is -2.90. The Morgan fingerprint density at radius 1 is 1.14 bits per heavy atom. The third-order valence-electron chi connectivity index (χ3n) is 2.81. The number of nitrogens with one attached hydrogen (secondary N) is 1. The lowest BCUT2D eigenvalue weighted by molar-refractivity contribution is -0.135. The van der Waals surface area contributed by atoms with Gasteiger partial charge in [-0.25, -0.2) is 4.79 Å². The molecule has 0 bridgehead atoms. The number of carbonyl (C=O) groups is 4. The molecule has 0 saturated carbocycles. The largest absolute Gasteiger partial charge is 0.480 e. The molecule has 8 heteroatoms. The molecule has 0 atom stereocenters. The summed E-state index contributed by atoms with van der Waals surface area (Å²) in [4.78, 5) is 48.0. The summed E-state index contributed by atoms with van der Waals surface area (Å²) in [5, 5.41) is 11.0. The van der Waals surface area contributed by atoms with Gasteiger partial charge < -0.3 is 10.0 Å². The predicted molar refractivity (Wildman–Crippen MR) is 71.5 cm³/mol. The van der Waals surface area contributed by atoms with Crippen molar-refractivity contribution in [3.63, 3.8) is 0 Å². The Kier molecular flexibility index (Phi) is 4.17. The summed E-state index contributed by atoms with van der Waals surface area (Å²) < 4.78 is 0. The number of hydrogen-bond donors (Lipinski definition) is 2. The van der Waals surface area contributed by atoms with Gasteiger partial charge in [0.25, 0.3) is 0 Å². The van der Waals surface area contributed by atoms with Crippen molar-refractivity contribution in [3.05, 3.63) is 30.3 Å². The number of benzene rings is 1. The van der Waals surface area contributed by atoms with Gasteiger partial charge in [-0.1, -0.05) is 18.2 Å². The van der Waals surface area contributed by atoms with Gasteiger partial charge in [-0.2, -0.15) is 0 Å². The molecule has 110 valence electrons. The second-order valence-electron chi connectivity index (χ2n) is 4.43. The maximum atomic E-state index is 12.4. The van der Waals surface area contributed by atoms with Crippen molar-refractivity contribution in [2.24, 2.45) is 0 Å². The molecule has 0 aliphatic carbocycles. The minimum Gasteiger partial charge on any atom is -0.480 e. The van der Waals surface area contributed by atoms with Gasteiger partial charge in [0.1, 0.15) is 19.6 Å². The molecule has 1 aromatic rings. The molecule has 2 N–H and O–H groups in total. The number of carboxylic acids is 1. The first-order chi connectivity index (χ1) is 9.97. The summed E-state index contributed by atoms with van der Waals surface area (Å²) in [6.45, 7) is -1.13. The Labute approximate surface area is 119 Å². The number of para-hydroxylation sites is 1. The monoisotopic (exact) mass is 291 g/mol. The number of imide groups is 1. The Balaban J connectivity index is 2.24. The molecule has 21 heavy (non-hydrogen) atoms. The van der Waals surface area contributed by atoms with Crippen LogP contribution in [0.1, 0.15) is 0 Å². The number of rotatable bonds is 3. The van der Waals surface area contributed by atoms with E-state index in [1.54, 1.807) is 30.3 Å². The lowest BCUT2D eigenvalue weighted by Gasteiger charge is -2.31. The van der Waals surface area contributed by atoms with Crippen molar-refractivity contribution in [3.8, 4) is 0 Å². The Bertz CT molecular complexity index is 571. The minimum absolute atomic E-state index is 0.284. The number of aliphatic carboxylic acids is 1. The van der Waals surface area contributed by atoms with Gasteiger partial charge in [0, 0.05) is 5.69 Å². The zero-order valence-electron chi connectivity index (χ0n) is 11.0. The van der Waals surface area contributed by atoms with E-state index in [2.05, 4.69) is 5.32 Å². The van der Waals surface area contributed by atoms with Crippen molar-refractivity contribution in [1.82, 2.24) is 10.2 Å². The first kappa shape index (κ1) is 14.5. The van der Waals surface area contributed by atoms with E-state index >= 15 is 0 Å². The average molecular weight is 291 g/mol. The van der Waals surface area contributed by atoms with E-state index in [4.69, 9.17) is 5.11 Å². The smallest absolute Gasteiger partial charge is 0.325 e. The number of carboxylic acid groups (broad SMARTS) is 1. The van der Waals surface area contributed by atoms with Crippen molar-refractivity contribution >= 4 is 29.5 Å². The average Bonchev–Trinajstić information content (AvgIpc) is 2.44. The van der Waals surface area contributed by atoms with Crippen LogP contribution in [0, 0.1) is 0 Å². The van der Waals surface area contributed by atoms with Crippen LogP contribution >= 0.6 is 0 Å². The van der Waals surface area contributed by atoms with Crippen LogP contribution in [0.2, 0.25) is 0 Å².